The van der Waals surface area contributed by atoms with E-state index in [1.165, 1.54) is 18.2 Å². The van der Waals surface area contributed by atoms with Gasteiger partial charge in [-0.15, -0.1) is 0 Å². The van der Waals surface area contributed by atoms with E-state index in [1.807, 2.05) is 0 Å². The number of unbranched alkanes of at least 4 members (excludes halogenated alkanes) is 4. The predicted octanol–water partition coefficient (Wildman–Crippen LogP) is -2.57. The number of benzene rings is 1. The average molecular weight is 408 g/mol. The first kappa shape index (κ1) is 30.9. The number of carboxylic acid groups (broad SMARTS) is 1. The van der Waals surface area contributed by atoms with Crippen molar-refractivity contribution in [3.05, 3.63) is 28.8 Å². The monoisotopic (exact) mass is 407 g/mol. The van der Waals surface area contributed by atoms with E-state index in [4.69, 9.17) is 21.8 Å². The number of aliphatic carboxylic acids is 1. The number of aliphatic hydroxyl groups excluding tert-OH is 1. The Hall–Kier alpha value is 0.210. The molecule has 0 aromatic heterocycles. The molecule has 0 heterocycles. The Kier molecular flexibility index (Phi) is 23.7. The predicted molar refractivity (Wildman–Crippen MR) is 95.8 cm³/mol. The Balaban J connectivity index is -0.000000236. The van der Waals surface area contributed by atoms with Crippen molar-refractivity contribution >= 4 is 23.5 Å². The summed E-state index contributed by atoms with van der Waals surface area (Å²) in [5.41, 5.74) is 0.170. The van der Waals surface area contributed by atoms with E-state index in [0.717, 1.165) is 25.7 Å². The average Bonchev–Trinajstić information content (AvgIpc) is 2.52. The van der Waals surface area contributed by atoms with E-state index in [9.17, 15) is 14.7 Å². The number of aliphatic hydroxyl groups is 1. The molecule has 0 fully saturated rings. The largest absolute Gasteiger partial charge is 1.00 e. The van der Waals surface area contributed by atoms with E-state index in [0.29, 0.717) is 18.0 Å². The Labute approximate surface area is 207 Å². The summed E-state index contributed by atoms with van der Waals surface area (Å²) in [5, 5.41) is 28.8. The molecule has 0 spiro atoms. The molecule has 0 unspecified atom stereocenters. The van der Waals surface area contributed by atoms with Crippen molar-refractivity contribution in [3.63, 3.8) is 0 Å². The van der Waals surface area contributed by atoms with Crippen molar-refractivity contribution in [2.75, 3.05) is 13.2 Å². The fraction of sp³-hybridized carbons (Fsp3) is 0.529. The minimum Gasteiger partial charge on any atom is -1.00 e. The molecule has 6 nitrogen and oxygen atoms in total. The van der Waals surface area contributed by atoms with Crippen molar-refractivity contribution in [1.29, 1.82) is 0 Å². The first-order valence-corrected chi connectivity index (χ1v) is 8.39. The Morgan fingerprint density at radius 1 is 1.12 bits per heavy atom. The molecule has 0 saturated carbocycles. The summed E-state index contributed by atoms with van der Waals surface area (Å²) in [6.45, 7) is 2.45. The van der Waals surface area contributed by atoms with Gasteiger partial charge in [0.2, 0.25) is 0 Å². The molecule has 9 heteroatoms. The SMILES string of the molecule is CCO.O=C(O)CCCCCCCNC(=O)c1cc(Cl)ccc1O.[H-].[H-].[Na+].[Na+]. The second-order valence-corrected chi connectivity index (χ2v) is 5.58. The summed E-state index contributed by atoms with van der Waals surface area (Å²) in [5.74, 6) is -1.20. The molecule has 26 heavy (non-hydrogen) atoms. The number of rotatable bonds is 9. The van der Waals surface area contributed by atoms with Crippen LogP contribution in [0.3, 0.4) is 0 Å². The zero-order valence-corrected chi connectivity index (χ0v) is 20.7. The maximum atomic E-state index is 11.8. The first-order chi connectivity index (χ1) is 11.4. The number of nitrogens with one attached hydrogen (secondary N) is 1. The molecule has 4 N–H and O–H groups in total. The van der Waals surface area contributed by atoms with Crippen LogP contribution in [0, 0.1) is 0 Å². The molecule has 140 valence electrons. The Bertz CT molecular complexity index is 528. The number of carboxylic acids is 1. The summed E-state index contributed by atoms with van der Waals surface area (Å²) in [4.78, 5) is 22.2. The van der Waals surface area contributed by atoms with Crippen LogP contribution in [0.5, 0.6) is 5.75 Å². The second-order valence-electron chi connectivity index (χ2n) is 5.15. The van der Waals surface area contributed by atoms with E-state index in [1.54, 1.807) is 6.92 Å². The molecule has 1 rings (SSSR count). The zero-order valence-electron chi connectivity index (χ0n) is 17.9. The number of carbonyl (C=O) groups excluding carboxylic acids is 1. The minimum atomic E-state index is -0.761. The molecule has 0 aliphatic carbocycles. The molecule has 0 radical (unpaired) electrons. The quantitative estimate of drug-likeness (QED) is 0.266. The van der Waals surface area contributed by atoms with Gasteiger partial charge in [-0.1, -0.05) is 30.9 Å². The Morgan fingerprint density at radius 3 is 2.23 bits per heavy atom. The number of aromatic hydroxyl groups is 1. The zero-order chi connectivity index (χ0) is 18.4. The van der Waals surface area contributed by atoms with Crippen LogP contribution in [0.1, 0.15) is 58.7 Å². The van der Waals surface area contributed by atoms with Gasteiger partial charge in [-0.25, -0.2) is 0 Å². The van der Waals surface area contributed by atoms with Crippen LogP contribution in [0.2, 0.25) is 5.02 Å². The van der Waals surface area contributed by atoms with Gasteiger partial charge in [0.1, 0.15) is 5.75 Å². The third-order valence-electron chi connectivity index (χ3n) is 3.06. The molecule has 0 saturated heterocycles. The van der Waals surface area contributed by atoms with Gasteiger partial charge in [-0.3, -0.25) is 9.59 Å². The molecular weight excluding hydrogens is 380 g/mol. The van der Waals surface area contributed by atoms with Gasteiger partial charge < -0.3 is 23.5 Å². The van der Waals surface area contributed by atoms with Gasteiger partial charge in [0, 0.05) is 24.6 Å². The van der Waals surface area contributed by atoms with Crippen LogP contribution < -0.4 is 64.4 Å². The van der Waals surface area contributed by atoms with Crippen molar-refractivity contribution in [2.24, 2.45) is 0 Å². The number of carbonyl (C=O) groups is 2. The van der Waals surface area contributed by atoms with Gasteiger partial charge in [0.05, 0.1) is 5.56 Å². The first-order valence-electron chi connectivity index (χ1n) is 8.01. The van der Waals surface area contributed by atoms with E-state index in [-0.39, 0.29) is 92.2 Å². The number of halogens is 1. The van der Waals surface area contributed by atoms with Crippen LogP contribution in [-0.4, -0.2) is 40.3 Å². The van der Waals surface area contributed by atoms with Gasteiger partial charge in [-0.05, 0) is 38.0 Å². The molecule has 0 aliphatic rings. The topological polar surface area (TPSA) is 107 Å². The van der Waals surface area contributed by atoms with Gasteiger partial charge in [0.25, 0.3) is 5.91 Å². The van der Waals surface area contributed by atoms with E-state index in [2.05, 4.69) is 5.32 Å². The maximum absolute atomic E-state index is 11.8. The smallest absolute Gasteiger partial charge is 1.00 e. The molecule has 1 aromatic rings. The summed E-state index contributed by atoms with van der Waals surface area (Å²) in [7, 11) is 0. The van der Waals surface area contributed by atoms with Gasteiger partial charge >= 0.3 is 65.1 Å². The minimum absolute atomic E-state index is 0. The number of phenols is 1. The molecule has 0 aliphatic heterocycles. The van der Waals surface area contributed by atoms with Crippen molar-refractivity contribution in [1.82, 2.24) is 5.32 Å². The van der Waals surface area contributed by atoms with Crippen LogP contribution in [0.15, 0.2) is 18.2 Å². The number of phenolic OH excluding ortho intramolecular Hbond substituents is 1. The molecule has 0 atom stereocenters. The number of amides is 1. The van der Waals surface area contributed by atoms with Crippen LogP contribution >= 0.6 is 11.6 Å². The van der Waals surface area contributed by atoms with Gasteiger partial charge in [0.15, 0.2) is 0 Å². The molecule has 1 aromatic carbocycles. The molecule has 0 bridgehead atoms. The second kappa shape index (κ2) is 20.0. The molecular formula is C17H28ClNNa2O5. The standard InChI is InChI=1S/C15H20ClNO4.C2H6O.2Na.2H/c16-11-7-8-13(18)12(10-11)15(21)17-9-5-3-1-2-4-6-14(19)20;1-2-3;;;;/h7-8,10,18H,1-6,9H2,(H,17,21)(H,19,20);3H,2H2,1H3;;;;/q;;2*+1;2*-1. The Morgan fingerprint density at radius 2 is 1.65 bits per heavy atom. The van der Waals surface area contributed by atoms with Gasteiger partial charge in [-0.2, -0.15) is 0 Å². The van der Waals surface area contributed by atoms with Crippen LogP contribution in [0.4, 0.5) is 0 Å². The van der Waals surface area contributed by atoms with Crippen LogP contribution in [0.25, 0.3) is 0 Å². The fourth-order valence-electron chi connectivity index (χ4n) is 1.92. The fourth-order valence-corrected chi connectivity index (χ4v) is 2.09. The van der Waals surface area contributed by atoms with E-state index >= 15 is 0 Å². The number of hydrogen-bond acceptors (Lipinski definition) is 4. The number of hydrogen-bond donors (Lipinski definition) is 4. The van der Waals surface area contributed by atoms with Crippen molar-refractivity contribution in [2.45, 2.75) is 45.4 Å². The third-order valence-corrected chi connectivity index (χ3v) is 3.29. The normalized spacial score (nSPS) is 9.04. The summed E-state index contributed by atoms with van der Waals surface area (Å²) >= 11 is 5.78. The van der Waals surface area contributed by atoms with Crippen LogP contribution in [-0.2, 0) is 4.79 Å². The summed E-state index contributed by atoms with van der Waals surface area (Å²) < 4.78 is 0. The van der Waals surface area contributed by atoms with Crippen molar-refractivity contribution < 1.29 is 86.9 Å². The summed E-state index contributed by atoms with van der Waals surface area (Å²) in [6, 6.07) is 4.34. The molecule has 1 amide bonds. The van der Waals surface area contributed by atoms with Crippen molar-refractivity contribution in [3.8, 4) is 5.75 Å². The summed E-state index contributed by atoms with van der Waals surface area (Å²) in [6.07, 6.45) is 4.49. The third kappa shape index (κ3) is 16.4. The van der Waals surface area contributed by atoms with E-state index < -0.39 is 5.97 Å². The maximum Gasteiger partial charge on any atom is 1.00 e.